The fourth-order valence-corrected chi connectivity index (χ4v) is 4.30. The first-order valence-corrected chi connectivity index (χ1v) is 9.16. The van der Waals surface area contributed by atoms with Crippen LogP contribution in [0.3, 0.4) is 0 Å². The smallest absolute Gasteiger partial charge is 0.223 e. The van der Waals surface area contributed by atoms with E-state index in [9.17, 15) is 4.79 Å². The average Bonchev–Trinajstić information content (AvgIpc) is 2.92. The largest absolute Gasteiger partial charge is 0.326 e. The van der Waals surface area contributed by atoms with Gasteiger partial charge >= 0.3 is 0 Å². The molecule has 1 aromatic carbocycles. The van der Waals surface area contributed by atoms with Crippen molar-refractivity contribution in [3.8, 4) is 0 Å². The number of hydrogen-bond donors (Lipinski definition) is 0. The molecule has 116 valence electrons. The van der Waals surface area contributed by atoms with Crippen molar-refractivity contribution in [1.29, 1.82) is 0 Å². The fraction of sp³-hybridized carbons (Fsp3) is 0.611. The molecule has 0 saturated carbocycles. The lowest BCUT2D eigenvalue weighted by Crippen LogP contribution is -2.30. The van der Waals surface area contributed by atoms with Crippen LogP contribution >= 0.6 is 11.8 Å². The van der Waals surface area contributed by atoms with Crippen molar-refractivity contribution >= 4 is 17.7 Å². The number of aryl methyl sites for hydroxylation is 2. The van der Waals surface area contributed by atoms with Crippen LogP contribution in [-0.2, 0) is 4.79 Å². The van der Waals surface area contributed by atoms with E-state index in [4.69, 9.17) is 0 Å². The fourth-order valence-electron chi connectivity index (χ4n) is 2.93. The minimum Gasteiger partial charge on any atom is -0.326 e. The zero-order valence-electron chi connectivity index (χ0n) is 13.5. The lowest BCUT2D eigenvalue weighted by molar-refractivity contribution is -0.131. The first-order valence-electron chi connectivity index (χ1n) is 8.11. The molecular formula is C18H27NOS. The Kier molecular flexibility index (Phi) is 6.16. The Morgan fingerprint density at radius 1 is 1.29 bits per heavy atom. The Morgan fingerprint density at radius 3 is 2.81 bits per heavy atom. The summed E-state index contributed by atoms with van der Waals surface area (Å²) >= 11 is 1.90. The highest BCUT2D eigenvalue weighted by Gasteiger charge is 2.30. The third-order valence-electron chi connectivity index (χ3n) is 4.15. The summed E-state index contributed by atoms with van der Waals surface area (Å²) in [5.74, 6) is 1.39. The number of nitrogens with zero attached hydrogens (tertiary/aromatic N) is 1. The molecule has 1 aromatic rings. The number of unbranched alkanes of at least 4 members (excludes halogenated alkanes) is 3. The summed E-state index contributed by atoms with van der Waals surface area (Å²) in [5.41, 5.74) is 3.90. The molecule has 1 amide bonds. The van der Waals surface area contributed by atoms with Gasteiger partial charge in [0.2, 0.25) is 5.91 Å². The summed E-state index contributed by atoms with van der Waals surface area (Å²) in [6.07, 6.45) is 5.38. The van der Waals surface area contributed by atoms with Crippen LogP contribution < -0.4 is 0 Å². The second-order valence-electron chi connectivity index (χ2n) is 5.98. The maximum absolute atomic E-state index is 12.5. The standard InChI is InChI=1S/C18H27NOS/c1-4-5-6-7-8-17(20)19-11-12-21-18(19)16-10-9-14(2)13-15(16)3/h9-10,13,18H,4-8,11-12H2,1-3H3/t18-/m0/s1. The van der Waals surface area contributed by atoms with E-state index >= 15 is 0 Å². The molecule has 1 aliphatic heterocycles. The zero-order chi connectivity index (χ0) is 15.2. The van der Waals surface area contributed by atoms with E-state index < -0.39 is 0 Å². The summed E-state index contributed by atoms with van der Waals surface area (Å²) in [4.78, 5) is 14.6. The third-order valence-corrected chi connectivity index (χ3v) is 5.39. The number of carbonyl (C=O) groups is 1. The molecule has 0 unspecified atom stereocenters. The van der Waals surface area contributed by atoms with Crippen molar-refractivity contribution in [1.82, 2.24) is 4.90 Å². The second-order valence-corrected chi connectivity index (χ2v) is 7.17. The van der Waals surface area contributed by atoms with Gasteiger partial charge in [0, 0.05) is 18.7 Å². The van der Waals surface area contributed by atoms with Crippen molar-refractivity contribution in [2.45, 2.75) is 58.2 Å². The van der Waals surface area contributed by atoms with Crippen molar-refractivity contribution in [2.75, 3.05) is 12.3 Å². The molecule has 1 aliphatic rings. The Bertz CT molecular complexity index is 486. The Morgan fingerprint density at radius 2 is 2.10 bits per heavy atom. The molecule has 0 radical (unpaired) electrons. The minimum absolute atomic E-state index is 0.226. The van der Waals surface area contributed by atoms with Crippen LogP contribution in [0.5, 0.6) is 0 Å². The number of amides is 1. The monoisotopic (exact) mass is 305 g/mol. The van der Waals surface area contributed by atoms with Gasteiger partial charge in [-0.25, -0.2) is 0 Å². The predicted molar refractivity (Wildman–Crippen MR) is 91.6 cm³/mol. The normalized spacial score (nSPS) is 18.2. The highest BCUT2D eigenvalue weighted by atomic mass is 32.2. The third kappa shape index (κ3) is 4.26. The van der Waals surface area contributed by atoms with Crippen molar-refractivity contribution in [3.05, 3.63) is 34.9 Å². The molecule has 1 heterocycles. The molecule has 0 spiro atoms. The molecule has 3 heteroatoms. The molecule has 0 N–H and O–H groups in total. The topological polar surface area (TPSA) is 20.3 Å². The molecule has 2 nitrogen and oxygen atoms in total. The number of carbonyl (C=O) groups excluding carboxylic acids is 1. The number of thioether (sulfide) groups is 1. The van der Waals surface area contributed by atoms with E-state index in [1.54, 1.807) is 0 Å². The summed E-state index contributed by atoms with van der Waals surface area (Å²) in [7, 11) is 0. The second kappa shape index (κ2) is 7.88. The lowest BCUT2D eigenvalue weighted by Gasteiger charge is -2.25. The average molecular weight is 305 g/mol. The van der Waals surface area contributed by atoms with Gasteiger partial charge in [0.1, 0.15) is 5.37 Å². The Hall–Kier alpha value is -0.960. The van der Waals surface area contributed by atoms with Crippen LogP contribution in [0.1, 0.15) is 61.1 Å². The van der Waals surface area contributed by atoms with Crippen LogP contribution in [0.2, 0.25) is 0 Å². The number of benzene rings is 1. The highest BCUT2D eigenvalue weighted by molar-refractivity contribution is 7.99. The van der Waals surface area contributed by atoms with Crippen molar-refractivity contribution < 1.29 is 4.79 Å². The molecule has 1 atom stereocenters. The molecule has 2 rings (SSSR count). The number of hydrogen-bond acceptors (Lipinski definition) is 2. The van der Waals surface area contributed by atoms with Gasteiger partial charge in [-0.15, -0.1) is 11.8 Å². The molecule has 0 bridgehead atoms. The van der Waals surface area contributed by atoms with Crippen LogP contribution in [0.25, 0.3) is 0 Å². The van der Waals surface area contributed by atoms with Gasteiger partial charge in [-0.2, -0.15) is 0 Å². The van der Waals surface area contributed by atoms with Crippen LogP contribution in [0.15, 0.2) is 18.2 Å². The van der Waals surface area contributed by atoms with Gasteiger partial charge in [0.05, 0.1) is 0 Å². The maximum Gasteiger partial charge on any atom is 0.223 e. The van der Waals surface area contributed by atoms with Crippen LogP contribution in [-0.4, -0.2) is 23.1 Å². The van der Waals surface area contributed by atoms with Gasteiger partial charge in [-0.3, -0.25) is 4.79 Å². The molecule has 0 aliphatic carbocycles. The van der Waals surface area contributed by atoms with Gasteiger partial charge < -0.3 is 4.90 Å². The molecule has 1 saturated heterocycles. The first-order chi connectivity index (χ1) is 10.1. The molecule has 21 heavy (non-hydrogen) atoms. The molecule has 0 aromatic heterocycles. The van der Waals surface area contributed by atoms with Gasteiger partial charge in [0.25, 0.3) is 0 Å². The van der Waals surface area contributed by atoms with E-state index in [2.05, 4.69) is 43.9 Å². The number of rotatable bonds is 6. The Balaban J connectivity index is 2.01. The molecule has 1 fully saturated rings. The van der Waals surface area contributed by atoms with E-state index in [1.165, 1.54) is 36.0 Å². The van der Waals surface area contributed by atoms with Gasteiger partial charge in [0.15, 0.2) is 0 Å². The van der Waals surface area contributed by atoms with Crippen molar-refractivity contribution in [2.24, 2.45) is 0 Å². The summed E-state index contributed by atoms with van der Waals surface area (Å²) < 4.78 is 0. The quantitative estimate of drug-likeness (QED) is 0.700. The van der Waals surface area contributed by atoms with Crippen molar-refractivity contribution in [3.63, 3.8) is 0 Å². The van der Waals surface area contributed by atoms with E-state index in [-0.39, 0.29) is 5.37 Å². The summed E-state index contributed by atoms with van der Waals surface area (Å²) in [5, 5.41) is 0.226. The Labute approximate surface area is 133 Å². The highest BCUT2D eigenvalue weighted by Crippen LogP contribution is 2.39. The van der Waals surface area contributed by atoms with Crippen LogP contribution in [0.4, 0.5) is 0 Å². The van der Waals surface area contributed by atoms with E-state index in [0.717, 1.165) is 18.7 Å². The first kappa shape index (κ1) is 16.4. The van der Waals surface area contributed by atoms with Gasteiger partial charge in [-0.1, -0.05) is 49.9 Å². The lowest BCUT2D eigenvalue weighted by atomic mass is 10.0. The maximum atomic E-state index is 12.5. The van der Waals surface area contributed by atoms with Gasteiger partial charge in [-0.05, 0) is 31.4 Å². The SMILES string of the molecule is CCCCCCC(=O)N1CCS[C@H]1c1ccc(C)cc1C. The van der Waals surface area contributed by atoms with Crippen LogP contribution in [0, 0.1) is 13.8 Å². The minimum atomic E-state index is 0.226. The van der Waals surface area contributed by atoms with E-state index in [0.29, 0.717) is 12.3 Å². The predicted octanol–water partition coefficient (Wildman–Crippen LogP) is 4.85. The van der Waals surface area contributed by atoms with E-state index in [1.807, 2.05) is 11.8 Å². The zero-order valence-corrected chi connectivity index (χ0v) is 14.3. The molecular weight excluding hydrogens is 278 g/mol. The summed E-state index contributed by atoms with van der Waals surface area (Å²) in [6, 6.07) is 6.58. The summed E-state index contributed by atoms with van der Waals surface area (Å²) in [6.45, 7) is 7.38.